The van der Waals surface area contributed by atoms with Crippen molar-refractivity contribution in [2.24, 2.45) is 5.73 Å². The molecule has 0 fully saturated rings. The summed E-state index contributed by atoms with van der Waals surface area (Å²) >= 11 is 0. The van der Waals surface area contributed by atoms with E-state index in [-0.39, 0.29) is 18.2 Å². The third kappa shape index (κ3) is 2.33. The first-order chi connectivity index (χ1) is 9.99. The van der Waals surface area contributed by atoms with E-state index in [1.807, 2.05) is 6.92 Å². The molecule has 3 rings (SSSR count). The highest BCUT2D eigenvalue weighted by Crippen LogP contribution is 2.31. The average Bonchev–Trinajstić information content (AvgIpc) is 2.77. The molecule has 1 aromatic carbocycles. The maximum atomic E-state index is 13.8. The second-order valence-electron chi connectivity index (χ2n) is 5.44. The Bertz CT molecular complexity index is 694. The molecule has 2 aromatic rings. The van der Waals surface area contributed by atoms with Crippen LogP contribution in [0.1, 0.15) is 41.4 Å². The van der Waals surface area contributed by atoms with Gasteiger partial charge in [0.15, 0.2) is 17.5 Å². The second kappa shape index (κ2) is 5.18. The van der Waals surface area contributed by atoms with Gasteiger partial charge in [0.1, 0.15) is 0 Å². The normalized spacial score (nSPS) is 17.9. The smallest absolute Gasteiger partial charge is 0.194 e. The lowest BCUT2D eigenvalue weighted by molar-refractivity contribution is 0.436. The van der Waals surface area contributed by atoms with E-state index in [2.05, 4.69) is 5.10 Å². The Morgan fingerprint density at radius 2 is 2.05 bits per heavy atom. The van der Waals surface area contributed by atoms with Crippen LogP contribution in [-0.4, -0.2) is 9.78 Å². The molecule has 1 aliphatic rings. The summed E-state index contributed by atoms with van der Waals surface area (Å²) in [6.07, 6.45) is 2.66. The van der Waals surface area contributed by atoms with Crippen LogP contribution in [0.2, 0.25) is 0 Å². The van der Waals surface area contributed by atoms with Gasteiger partial charge < -0.3 is 5.73 Å². The van der Waals surface area contributed by atoms with Crippen molar-refractivity contribution in [1.82, 2.24) is 9.78 Å². The van der Waals surface area contributed by atoms with Gasteiger partial charge in [-0.05, 0) is 32.3 Å². The highest BCUT2D eigenvalue weighted by Gasteiger charge is 2.25. The number of aryl methyl sites for hydroxylation is 1. The first kappa shape index (κ1) is 14.1. The maximum Gasteiger partial charge on any atom is 0.194 e. The molecule has 0 spiro atoms. The number of halogens is 3. The molecule has 1 aromatic heterocycles. The number of nitrogens with two attached hydrogens (primary N) is 1. The van der Waals surface area contributed by atoms with Gasteiger partial charge in [-0.15, -0.1) is 0 Å². The van der Waals surface area contributed by atoms with Crippen molar-refractivity contribution < 1.29 is 13.2 Å². The Morgan fingerprint density at radius 3 is 2.81 bits per heavy atom. The lowest BCUT2D eigenvalue weighted by Crippen LogP contribution is -2.19. The van der Waals surface area contributed by atoms with Gasteiger partial charge in [-0.3, -0.25) is 4.68 Å². The Labute approximate surface area is 120 Å². The van der Waals surface area contributed by atoms with Crippen LogP contribution < -0.4 is 5.73 Å². The molecular formula is C15H16F3N3. The largest absolute Gasteiger partial charge is 0.324 e. The summed E-state index contributed by atoms with van der Waals surface area (Å²) < 4.78 is 41.7. The van der Waals surface area contributed by atoms with E-state index in [0.29, 0.717) is 0 Å². The van der Waals surface area contributed by atoms with E-state index >= 15 is 0 Å². The fourth-order valence-electron chi connectivity index (χ4n) is 3.00. The monoisotopic (exact) mass is 295 g/mol. The van der Waals surface area contributed by atoms with Crippen molar-refractivity contribution in [3.05, 3.63) is 52.1 Å². The first-order valence-corrected chi connectivity index (χ1v) is 6.93. The quantitative estimate of drug-likeness (QED) is 0.866. The number of aromatic nitrogens is 2. The van der Waals surface area contributed by atoms with E-state index < -0.39 is 17.5 Å². The molecular weight excluding hydrogens is 279 g/mol. The Balaban J connectivity index is 2.00. The molecule has 2 N–H and O–H groups in total. The van der Waals surface area contributed by atoms with Crippen LogP contribution in [0.25, 0.3) is 0 Å². The molecule has 1 unspecified atom stereocenters. The summed E-state index contributed by atoms with van der Waals surface area (Å²) in [6, 6.07) is 2.12. The Morgan fingerprint density at radius 1 is 1.29 bits per heavy atom. The molecule has 0 aliphatic heterocycles. The molecule has 6 heteroatoms. The van der Waals surface area contributed by atoms with E-state index in [9.17, 15) is 13.2 Å². The zero-order valence-corrected chi connectivity index (χ0v) is 11.7. The van der Waals surface area contributed by atoms with E-state index in [1.165, 1.54) is 6.07 Å². The Hall–Kier alpha value is -1.82. The fourth-order valence-corrected chi connectivity index (χ4v) is 3.00. The minimum Gasteiger partial charge on any atom is -0.324 e. The van der Waals surface area contributed by atoms with E-state index in [4.69, 9.17) is 5.73 Å². The van der Waals surface area contributed by atoms with Crippen LogP contribution >= 0.6 is 0 Å². The summed E-state index contributed by atoms with van der Waals surface area (Å²) in [6.45, 7) is 1.94. The van der Waals surface area contributed by atoms with Crippen molar-refractivity contribution >= 4 is 0 Å². The molecule has 3 nitrogen and oxygen atoms in total. The lowest BCUT2D eigenvalue weighted by atomic mass is 9.92. The molecule has 112 valence electrons. The maximum absolute atomic E-state index is 13.8. The fraction of sp³-hybridized carbons (Fsp3) is 0.400. The molecule has 0 amide bonds. The van der Waals surface area contributed by atoms with Gasteiger partial charge in [-0.1, -0.05) is 6.07 Å². The van der Waals surface area contributed by atoms with Gasteiger partial charge in [0.05, 0.1) is 12.2 Å². The molecule has 1 aliphatic carbocycles. The highest BCUT2D eigenvalue weighted by molar-refractivity contribution is 5.32. The van der Waals surface area contributed by atoms with Crippen molar-refractivity contribution in [3.63, 3.8) is 0 Å². The predicted octanol–water partition coefficient (Wildman–Crippen LogP) is 2.99. The first-order valence-electron chi connectivity index (χ1n) is 6.93. The third-order valence-electron chi connectivity index (χ3n) is 4.02. The minimum atomic E-state index is -1.44. The van der Waals surface area contributed by atoms with Crippen molar-refractivity contribution in [1.29, 1.82) is 0 Å². The topological polar surface area (TPSA) is 43.8 Å². The second-order valence-corrected chi connectivity index (χ2v) is 5.44. The average molecular weight is 295 g/mol. The zero-order valence-electron chi connectivity index (χ0n) is 11.7. The summed E-state index contributed by atoms with van der Waals surface area (Å²) in [5.41, 5.74) is 8.96. The standard InChI is InChI=1S/C15H16F3N3/c1-8-13-11(19)3-2-4-12(13)21(20-8)7-9-5-6-10(16)15(18)14(9)17/h5-6,11H,2-4,7,19H2,1H3. The third-order valence-corrected chi connectivity index (χ3v) is 4.02. The van der Waals surface area contributed by atoms with Gasteiger partial charge in [-0.25, -0.2) is 13.2 Å². The summed E-state index contributed by atoms with van der Waals surface area (Å²) in [5.74, 6) is -3.78. The van der Waals surface area contributed by atoms with Crippen LogP contribution in [0.15, 0.2) is 12.1 Å². The van der Waals surface area contributed by atoms with Gasteiger partial charge in [0, 0.05) is 22.9 Å². The minimum absolute atomic E-state index is 0.0581. The Kier molecular flexibility index (Phi) is 3.49. The van der Waals surface area contributed by atoms with Crippen molar-refractivity contribution in [2.75, 3.05) is 0 Å². The number of fused-ring (bicyclic) bond motifs is 1. The molecule has 1 atom stereocenters. The van der Waals surface area contributed by atoms with Gasteiger partial charge in [0.25, 0.3) is 0 Å². The molecule has 0 saturated heterocycles. The molecule has 1 heterocycles. The number of hydrogen-bond donors (Lipinski definition) is 1. The van der Waals surface area contributed by atoms with Crippen LogP contribution in [0.4, 0.5) is 13.2 Å². The van der Waals surface area contributed by atoms with Crippen LogP contribution in [0.3, 0.4) is 0 Å². The SMILES string of the molecule is Cc1nn(Cc2ccc(F)c(F)c2F)c2c1C(N)CCC2. The van der Waals surface area contributed by atoms with Crippen molar-refractivity contribution in [2.45, 2.75) is 38.8 Å². The number of hydrogen-bond acceptors (Lipinski definition) is 2. The zero-order chi connectivity index (χ0) is 15.1. The predicted molar refractivity (Wildman–Crippen MR) is 72.2 cm³/mol. The van der Waals surface area contributed by atoms with Gasteiger partial charge in [0.2, 0.25) is 0 Å². The lowest BCUT2D eigenvalue weighted by Gasteiger charge is -2.20. The van der Waals surface area contributed by atoms with E-state index in [1.54, 1.807) is 4.68 Å². The number of benzene rings is 1. The van der Waals surface area contributed by atoms with Gasteiger partial charge in [-0.2, -0.15) is 5.10 Å². The van der Waals surface area contributed by atoms with Gasteiger partial charge >= 0.3 is 0 Å². The van der Waals surface area contributed by atoms with Crippen LogP contribution in [0, 0.1) is 24.4 Å². The van der Waals surface area contributed by atoms with Crippen LogP contribution in [0.5, 0.6) is 0 Å². The summed E-state index contributed by atoms with van der Waals surface area (Å²) in [7, 11) is 0. The van der Waals surface area contributed by atoms with Crippen molar-refractivity contribution in [3.8, 4) is 0 Å². The van der Waals surface area contributed by atoms with Crippen LogP contribution in [-0.2, 0) is 13.0 Å². The molecule has 0 bridgehead atoms. The number of rotatable bonds is 2. The highest BCUT2D eigenvalue weighted by atomic mass is 19.2. The molecule has 21 heavy (non-hydrogen) atoms. The molecule has 0 saturated carbocycles. The summed E-state index contributed by atoms with van der Waals surface area (Å²) in [5, 5.41) is 4.38. The molecule has 0 radical (unpaired) electrons. The number of nitrogens with zero attached hydrogens (tertiary/aromatic N) is 2. The van der Waals surface area contributed by atoms with E-state index in [0.717, 1.165) is 42.3 Å². The summed E-state index contributed by atoms with van der Waals surface area (Å²) in [4.78, 5) is 0.